The summed E-state index contributed by atoms with van der Waals surface area (Å²) in [6.07, 6.45) is 7.01. The van der Waals surface area contributed by atoms with Crippen LogP contribution in [0.3, 0.4) is 0 Å². The Bertz CT molecular complexity index is 293. The molecule has 0 aromatic heterocycles. The third-order valence-electron chi connectivity index (χ3n) is 2.73. The molecule has 0 aromatic carbocycles. The minimum Gasteiger partial charge on any atom is -0.502 e. The molecule has 22 heavy (non-hydrogen) atoms. The van der Waals surface area contributed by atoms with Crippen molar-refractivity contribution in [1.29, 1.82) is 0 Å². The Morgan fingerprint density at radius 3 is 1.82 bits per heavy atom. The van der Waals surface area contributed by atoms with Crippen LogP contribution in [0.5, 0.6) is 0 Å². The number of ether oxygens (including phenoxy) is 4. The Morgan fingerprint density at radius 1 is 0.773 bits per heavy atom. The van der Waals surface area contributed by atoms with Crippen molar-refractivity contribution >= 4 is 5.97 Å². The second-order valence-corrected chi connectivity index (χ2v) is 4.60. The molecule has 0 heterocycles. The van der Waals surface area contributed by atoms with Gasteiger partial charge in [-0.3, -0.25) is 4.79 Å². The van der Waals surface area contributed by atoms with Gasteiger partial charge in [-0.05, 0) is 25.7 Å². The van der Waals surface area contributed by atoms with E-state index in [1.54, 1.807) is 0 Å². The van der Waals surface area contributed by atoms with Crippen LogP contribution in [0, 0.1) is 0 Å². The lowest BCUT2D eigenvalue weighted by atomic mass is 10.3. The molecule has 0 aliphatic heterocycles. The lowest BCUT2D eigenvalue weighted by Gasteiger charge is -2.09. The molecule has 126 valence electrons. The SMILES string of the molecule is C=COCCCCOC(=C)CCC(=O)OCCCCOC=C. The highest BCUT2D eigenvalue weighted by Crippen LogP contribution is 2.07. The van der Waals surface area contributed by atoms with Crippen LogP contribution < -0.4 is 0 Å². The van der Waals surface area contributed by atoms with Gasteiger partial charge in [0.05, 0.1) is 51.1 Å². The molecule has 0 amide bonds. The number of hydrogen-bond acceptors (Lipinski definition) is 5. The summed E-state index contributed by atoms with van der Waals surface area (Å²) < 4.78 is 20.5. The van der Waals surface area contributed by atoms with Crippen molar-refractivity contribution in [2.75, 3.05) is 26.4 Å². The van der Waals surface area contributed by atoms with Crippen LogP contribution in [0.1, 0.15) is 38.5 Å². The van der Waals surface area contributed by atoms with Gasteiger partial charge in [-0.15, -0.1) is 0 Å². The van der Waals surface area contributed by atoms with E-state index in [-0.39, 0.29) is 5.97 Å². The number of carbonyl (C=O) groups excluding carboxylic acids is 1. The molecule has 0 unspecified atom stereocenters. The van der Waals surface area contributed by atoms with Gasteiger partial charge in [0.2, 0.25) is 0 Å². The minimum absolute atomic E-state index is 0.228. The zero-order valence-corrected chi connectivity index (χ0v) is 13.4. The van der Waals surface area contributed by atoms with E-state index in [1.165, 1.54) is 12.5 Å². The molecule has 0 aromatic rings. The van der Waals surface area contributed by atoms with Crippen molar-refractivity contribution in [3.63, 3.8) is 0 Å². The Morgan fingerprint density at radius 2 is 1.27 bits per heavy atom. The van der Waals surface area contributed by atoms with Gasteiger partial charge in [-0.25, -0.2) is 0 Å². The summed E-state index contributed by atoms with van der Waals surface area (Å²) in [6.45, 7) is 12.9. The average molecular weight is 312 g/mol. The Balaban J connectivity index is 3.39. The van der Waals surface area contributed by atoms with Gasteiger partial charge in [-0.2, -0.15) is 0 Å². The van der Waals surface area contributed by atoms with Gasteiger partial charge >= 0.3 is 5.97 Å². The van der Waals surface area contributed by atoms with Crippen molar-refractivity contribution in [2.45, 2.75) is 38.5 Å². The highest BCUT2D eigenvalue weighted by Gasteiger charge is 2.05. The Labute approximate surface area is 133 Å². The van der Waals surface area contributed by atoms with Gasteiger partial charge in [0.25, 0.3) is 0 Å². The zero-order valence-electron chi connectivity index (χ0n) is 13.4. The van der Waals surface area contributed by atoms with Crippen LogP contribution in [-0.2, 0) is 23.7 Å². The second kappa shape index (κ2) is 15.5. The predicted octanol–water partition coefficient (Wildman–Crippen LogP) is 3.72. The largest absolute Gasteiger partial charge is 0.502 e. The third-order valence-corrected chi connectivity index (χ3v) is 2.73. The molecule has 5 heteroatoms. The van der Waals surface area contributed by atoms with Gasteiger partial charge in [0.1, 0.15) is 0 Å². The van der Waals surface area contributed by atoms with Crippen molar-refractivity contribution in [3.8, 4) is 0 Å². The first-order valence-electron chi connectivity index (χ1n) is 7.62. The number of rotatable bonds is 16. The van der Waals surface area contributed by atoms with Crippen LogP contribution in [0.25, 0.3) is 0 Å². The Hall–Kier alpha value is -1.91. The van der Waals surface area contributed by atoms with E-state index < -0.39 is 0 Å². The number of unbranched alkanes of at least 4 members (excludes halogenated alkanes) is 2. The predicted molar refractivity (Wildman–Crippen MR) is 86.1 cm³/mol. The maximum atomic E-state index is 11.5. The average Bonchev–Trinajstić information content (AvgIpc) is 2.52. The van der Waals surface area contributed by atoms with Crippen LogP contribution in [0.4, 0.5) is 0 Å². The molecule has 0 atom stereocenters. The smallest absolute Gasteiger partial charge is 0.306 e. The van der Waals surface area contributed by atoms with E-state index >= 15 is 0 Å². The second-order valence-electron chi connectivity index (χ2n) is 4.60. The molecule has 0 saturated heterocycles. The van der Waals surface area contributed by atoms with E-state index in [2.05, 4.69) is 19.7 Å². The number of carbonyl (C=O) groups is 1. The number of esters is 1. The fraction of sp³-hybridized carbons (Fsp3) is 0.588. The maximum Gasteiger partial charge on any atom is 0.306 e. The Kier molecular flexibility index (Phi) is 14.1. The normalized spacial score (nSPS) is 9.64. The lowest BCUT2D eigenvalue weighted by Crippen LogP contribution is -2.07. The van der Waals surface area contributed by atoms with Crippen molar-refractivity contribution in [2.24, 2.45) is 0 Å². The monoisotopic (exact) mass is 312 g/mol. The minimum atomic E-state index is -0.228. The van der Waals surface area contributed by atoms with Crippen LogP contribution >= 0.6 is 0 Å². The van der Waals surface area contributed by atoms with Crippen LogP contribution in [-0.4, -0.2) is 32.4 Å². The summed E-state index contributed by atoms with van der Waals surface area (Å²) in [6, 6.07) is 0. The third kappa shape index (κ3) is 14.5. The first-order chi connectivity index (χ1) is 10.7. The molecule has 0 aliphatic carbocycles. The topological polar surface area (TPSA) is 54.0 Å². The maximum absolute atomic E-state index is 11.5. The van der Waals surface area contributed by atoms with Crippen LogP contribution in [0.15, 0.2) is 38.0 Å². The van der Waals surface area contributed by atoms with Gasteiger partial charge < -0.3 is 18.9 Å². The van der Waals surface area contributed by atoms with E-state index in [1.807, 2.05) is 0 Å². The summed E-state index contributed by atoms with van der Waals surface area (Å²) in [5.41, 5.74) is 0. The zero-order chi connectivity index (χ0) is 16.5. The van der Waals surface area contributed by atoms with E-state index in [4.69, 9.17) is 18.9 Å². The van der Waals surface area contributed by atoms with Gasteiger partial charge in [-0.1, -0.05) is 19.7 Å². The fourth-order valence-corrected chi connectivity index (χ4v) is 1.53. The summed E-state index contributed by atoms with van der Waals surface area (Å²) in [5.74, 6) is 0.384. The van der Waals surface area contributed by atoms with Crippen molar-refractivity contribution in [1.82, 2.24) is 0 Å². The summed E-state index contributed by atoms with van der Waals surface area (Å²) in [4.78, 5) is 11.5. The molecule has 0 saturated carbocycles. The summed E-state index contributed by atoms with van der Waals surface area (Å²) >= 11 is 0. The fourth-order valence-electron chi connectivity index (χ4n) is 1.53. The van der Waals surface area contributed by atoms with Crippen molar-refractivity contribution in [3.05, 3.63) is 38.0 Å². The highest BCUT2D eigenvalue weighted by molar-refractivity contribution is 5.69. The molecule has 0 bridgehead atoms. The lowest BCUT2D eigenvalue weighted by molar-refractivity contribution is -0.143. The summed E-state index contributed by atoms with van der Waals surface area (Å²) in [5, 5.41) is 0. The molecule has 5 nitrogen and oxygen atoms in total. The summed E-state index contributed by atoms with van der Waals surface area (Å²) in [7, 11) is 0. The highest BCUT2D eigenvalue weighted by atomic mass is 16.5. The molecule has 0 fully saturated rings. The molecular weight excluding hydrogens is 284 g/mol. The molecular formula is C17H28O5. The first-order valence-corrected chi connectivity index (χ1v) is 7.62. The van der Waals surface area contributed by atoms with Gasteiger partial charge in [0.15, 0.2) is 0 Å². The molecule has 0 radical (unpaired) electrons. The van der Waals surface area contributed by atoms with Gasteiger partial charge in [0, 0.05) is 6.42 Å². The number of allylic oxidation sites excluding steroid dienone is 1. The standard InChI is InChI=1S/C17H28O5/c1-4-19-12-6-8-14-21-16(3)10-11-17(18)22-15-9-7-13-20-5-2/h4-5H,1-3,6-15H2. The van der Waals surface area contributed by atoms with Crippen molar-refractivity contribution < 1.29 is 23.7 Å². The molecule has 0 aliphatic rings. The number of hydrogen-bond donors (Lipinski definition) is 0. The first kappa shape index (κ1) is 20.1. The van der Waals surface area contributed by atoms with E-state index in [9.17, 15) is 4.79 Å². The quantitative estimate of drug-likeness (QED) is 0.247. The molecule has 0 N–H and O–H groups in total. The molecule has 0 rings (SSSR count). The van der Waals surface area contributed by atoms with Crippen LogP contribution in [0.2, 0.25) is 0 Å². The molecule has 0 spiro atoms. The van der Waals surface area contributed by atoms with E-state index in [0.29, 0.717) is 45.0 Å². The van der Waals surface area contributed by atoms with E-state index in [0.717, 1.165) is 25.7 Å².